The molecule has 0 radical (unpaired) electrons. The van der Waals surface area contributed by atoms with Gasteiger partial charge in [-0.2, -0.15) is 0 Å². The number of hydrogen-bond acceptors (Lipinski definition) is 4. The first-order valence-corrected chi connectivity index (χ1v) is 7.11. The van der Waals surface area contributed by atoms with Crippen molar-refractivity contribution < 1.29 is 19.6 Å². The van der Waals surface area contributed by atoms with Crippen LogP contribution >= 0.6 is 0 Å². The Balaban J connectivity index is 2.12. The van der Waals surface area contributed by atoms with Gasteiger partial charge in [-0.15, -0.1) is 0 Å². The Kier molecular flexibility index (Phi) is 4.75. The summed E-state index contributed by atoms with van der Waals surface area (Å²) in [6.45, 7) is 2.56. The van der Waals surface area contributed by atoms with Gasteiger partial charge in [-0.25, -0.2) is 0 Å². The average Bonchev–Trinajstić information content (AvgIpc) is 2.46. The number of nitro groups is 1. The quantitative estimate of drug-likeness (QED) is 0.674. The van der Waals surface area contributed by atoms with Crippen LogP contribution < -0.4 is 0 Å². The molecule has 1 amide bonds. The molecule has 0 bridgehead atoms. The summed E-state index contributed by atoms with van der Waals surface area (Å²) in [4.78, 5) is 35.5. The number of aliphatic carboxylic acids is 1. The molecule has 2 rings (SSSR count). The van der Waals surface area contributed by atoms with Crippen molar-refractivity contribution in [1.29, 1.82) is 0 Å². The largest absolute Gasteiger partial charge is 0.481 e. The van der Waals surface area contributed by atoms with E-state index in [-0.39, 0.29) is 30.5 Å². The van der Waals surface area contributed by atoms with E-state index in [2.05, 4.69) is 0 Å². The fraction of sp³-hybridized carbons (Fsp3) is 0.467. The van der Waals surface area contributed by atoms with E-state index in [1.165, 1.54) is 11.0 Å². The predicted octanol–water partition coefficient (Wildman–Crippen LogP) is 1.71. The van der Waals surface area contributed by atoms with Crippen LogP contribution in [0.25, 0.3) is 0 Å². The molecule has 7 nitrogen and oxygen atoms in total. The molecular weight excluding hydrogens is 288 g/mol. The Morgan fingerprint density at radius 3 is 2.68 bits per heavy atom. The number of benzene rings is 1. The summed E-state index contributed by atoms with van der Waals surface area (Å²) in [5.41, 5.74) is 0.262. The van der Waals surface area contributed by atoms with Crippen molar-refractivity contribution in [2.45, 2.75) is 19.8 Å². The molecule has 2 atom stereocenters. The number of para-hydroxylation sites is 1. The van der Waals surface area contributed by atoms with Gasteiger partial charge in [-0.1, -0.05) is 25.1 Å². The van der Waals surface area contributed by atoms with E-state index in [0.717, 1.165) is 0 Å². The van der Waals surface area contributed by atoms with Crippen LogP contribution in [0.5, 0.6) is 0 Å². The fourth-order valence-electron chi connectivity index (χ4n) is 2.85. The number of carboxylic acids is 1. The van der Waals surface area contributed by atoms with Gasteiger partial charge in [0.2, 0.25) is 5.91 Å². The molecule has 2 unspecified atom stereocenters. The lowest BCUT2D eigenvalue weighted by molar-refractivity contribution is -0.385. The molecule has 1 saturated heterocycles. The average molecular weight is 306 g/mol. The van der Waals surface area contributed by atoms with E-state index < -0.39 is 16.8 Å². The zero-order valence-electron chi connectivity index (χ0n) is 12.3. The minimum absolute atomic E-state index is 0.0871. The summed E-state index contributed by atoms with van der Waals surface area (Å²) >= 11 is 0. The van der Waals surface area contributed by atoms with E-state index in [0.29, 0.717) is 18.5 Å². The van der Waals surface area contributed by atoms with Crippen molar-refractivity contribution in [3.63, 3.8) is 0 Å². The molecule has 1 fully saturated rings. The highest BCUT2D eigenvalue weighted by Gasteiger charge is 2.32. The highest BCUT2D eigenvalue weighted by molar-refractivity contribution is 5.81. The van der Waals surface area contributed by atoms with Crippen molar-refractivity contribution >= 4 is 17.6 Å². The molecule has 0 saturated carbocycles. The lowest BCUT2D eigenvalue weighted by atomic mass is 9.90. The van der Waals surface area contributed by atoms with Gasteiger partial charge >= 0.3 is 5.97 Å². The van der Waals surface area contributed by atoms with Crippen LogP contribution in [0, 0.1) is 22.0 Å². The number of nitro benzene ring substituents is 1. The standard InChI is InChI=1S/C15H18N2O5/c1-10-6-12(15(19)20)9-16(8-10)14(18)7-11-4-2-3-5-13(11)17(21)22/h2-5,10,12H,6-9H2,1H3,(H,19,20). The van der Waals surface area contributed by atoms with E-state index >= 15 is 0 Å². The van der Waals surface area contributed by atoms with Gasteiger partial charge in [0.1, 0.15) is 0 Å². The maximum absolute atomic E-state index is 12.4. The van der Waals surface area contributed by atoms with Crippen LogP contribution in [-0.4, -0.2) is 39.9 Å². The van der Waals surface area contributed by atoms with Crippen molar-refractivity contribution in [2.75, 3.05) is 13.1 Å². The zero-order valence-corrected chi connectivity index (χ0v) is 12.3. The molecule has 1 aromatic rings. The van der Waals surface area contributed by atoms with Gasteiger partial charge in [-0.05, 0) is 12.3 Å². The first-order chi connectivity index (χ1) is 10.4. The molecule has 1 aliphatic heterocycles. The Labute approximate surface area is 127 Å². The van der Waals surface area contributed by atoms with Gasteiger partial charge in [0.15, 0.2) is 0 Å². The third-order valence-electron chi connectivity index (χ3n) is 3.89. The first kappa shape index (κ1) is 15.9. The van der Waals surface area contributed by atoms with Crippen LogP contribution in [0.2, 0.25) is 0 Å². The van der Waals surface area contributed by atoms with Crippen molar-refractivity contribution in [3.05, 3.63) is 39.9 Å². The number of carbonyl (C=O) groups excluding carboxylic acids is 1. The molecule has 0 aromatic heterocycles. The van der Waals surface area contributed by atoms with E-state index in [4.69, 9.17) is 5.11 Å². The molecule has 0 aliphatic carbocycles. The van der Waals surface area contributed by atoms with E-state index in [1.807, 2.05) is 6.92 Å². The van der Waals surface area contributed by atoms with Crippen molar-refractivity contribution in [3.8, 4) is 0 Å². The lowest BCUT2D eigenvalue weighted by Gasteiger charge is -2.34. The molecule has 22 heavy (non-hydrogen) atoms. The van der Waals surface area contributed by atoms with Crippen LogP contribution in [0.3, 0.4) is 0 Å². The Hall–Kier alpha value is -2.44. The topological polar surface area (TPSA) is 101 Å². The SMILES string of the molecule is CC1CC(C(=O)O)CN(C(=O)Cc2ccccc2[N+](=O)[O-])C1. The first-order valence-electron chi connectivity index (χ1n) is 7.11. The summed E-state index contributed by atoms with van der Waals surface area (Å²) < 4.78 is 0. The van der Waals surface area contributed by atoms with Gasteiger partial charge in [-0.3, -0.25) is 19.7 Å². The highest BCUT2D eigenvalue weighted by Crippen LogP contribution is 2.24. The molecule has 0 spiro atoms. The molecule has 118 valence electrons. The monoisotopic (exact) mass is 306 g/mol. The van der Waals surface area contributed by atoms with Gasteiger partial charge in [0, 0.05) is 24.7 Å². The minimum Gasteiger partial charge on any atom is -0.481 e. The Bertz CT molecular complexity index is 601. The molecule has 1 heterocycles. The van der Waals surface area contributed by atoms with Gasteiger partial charge in [0.25, 0.3) is 5.69 Å². The summed E-state index contributed by atoms with van der Waals surface area (Å²) in [5.74, 6) is -1.65. The van der Waals surface area contributed by atoms with Crippen LogP contribution in [-0.2, 0) is 16.0 Å². The summed E-state index contributed by atoms with van der Waals surface area (Å²) in [6.07, 6.45) is 0.459. The van der Waals surface area contributed by atoms with Crippen LogP contribution in [0.4, 0.5) is 5.69 Å². The molecule has 7 heteroatoms. The number of hydrogen-bond donors (Lipinski definition) is 1. The Morgan fingerprint density at radius 1 is 1.36 bits per heavy atom. The van der Waals surface area contributed by atoms with Gasteiger partial charge < -0.3 is 10.0 Å². The number of nitrogens with zero attached hydrogens (tertiary/aromatic N) is 2. The minimum atomic E-state index is -0.907. The molecule has 1 aromatic carbocycles. The zero-order chi connectivity index (χ0) is 16.3. The van der Waals surface area contributed by atoms with Crippen molar-refractivity contribution in [2.24, 2.45) is 11.8 Å². The number of carbonyl (C=O) groups is 2. The summed E-state index contributed by atoms with van der Waals surface area (Å²) in [7, 11) is 0. The maximum Gasteiger partial charge on any atom is 0.308 e. The second-order valence-corrected chi connectivity index (χ2v) is 5.74. The lowest BCUT2D eigenvalue weighted by Crippen LogP contribution is -2.46. The summed E-state index contributed by atoms with van der Waals surface area (Å²) in [6, 6.07) is 6.11. The number of piperidine rings is 1. The van der Waals surface area contributed by atoms with Crippen molar-refractivity contribution in [1.82, 2.24) is 4.90 Å². The van der Waals surface area contributed by atoms with E-state index in [1.54, 1.807) is 18.2 Å². The molecular formula is C15H18N2O5. The van der Waals surface area contributed by atoms with E-state index in [9.17, 15) is 19.7 Å². The predicted molar refractivity (Wildman–Crippen MR) is 78.3 cm³/mol. The Morgan fingerprint density at radius 2 is 2.05 bits per heavy atom. The third-order valence-corrected chi connectivity index (χ3v) is 3.89. The number of likely N-dealkylation sites (tertiary alicyclic amines) is 1. The highest BCUT2D eigenvalue weighted by atomic mass is 16.6. The van der Waals surface area contributed by atoms with Crippen LogP contribution in [0.15, 0.2) is 24.3 Å². The molecule has 1 aliphatic rings. The third kappa shape index (κ3) is 3.60. The fourth-order valence-corrected chi connectivity index (χ4v) is 2.85. The number of amides is 1. The number of carboxylic acid groups (broad SMARTS) is 1. The smallest absolute Gasteiger partial charge is 0.308 e. The maximum atomic E-state index is 12.4. The summed E-state index contributed by atoms with van der Waals surface area (Å²) in [5, 5.41) is 20.1. The van der Waals surface area contributed by atoms with Crippen LogP contribution in [0.1, 0.15) is 18.9 Å². The second-order valence-electron chi connectivity index (χ2n) is 5.74. The normalized spacial score (nSPS) is 21.4. The number of rotatable bonds is 4. The second kappa shape index (κ2) is 6.55. The molecule has 1 N–H and O–H groups in total. The van der Waals surface area contributed by atoms with Gasteiger partial charge in [0.05, 0.1) is 17.3 Å².